The van der Waals surface area contributed by atoms with E-state index in [1.54, 1.807) is 0 Å². The number of hydrogen-bond acceptors (Lipinski definition) is 2. The van der Waals surface area contributed by atoms with Crippen LogP contribution in [0.2, 0.25) is 0 Å². The summed E-state index contributed by atoms with van der Waals surface area (Å²) >= 11 is 0. The summed E-state index contributed by atoms with van der Waals surface area (Å²) in [6, 6.07) is 9.76. The maximum Gasteiger partial charge on any atom is 0.407 e. The van der Waals surface area contributed by atoms with E-state index in [0.717, 1.165) is 44.5 Å². The van der Waals surface area contributed by atoms with Gasteiger partial charge in [-0.25, -0.2) is 4.79 Å². The summed E-state index contributed by atoms with van der Waals surface area (Å²) in [6.07, 6.45) is 8.29. The molecule has 0 heterocycles. The molecule has 1 rings (SSSR count). The number of amides is 1. The largest absolute Gasteiger partial charge is 0.465 e. The first-order valence-corrected chi connectivity index (χ1v) is 9.33. The van der Waals surface area contributed by atoms with Gasteiger partial charge in [0.25, 0.3) is 0 Å². The van der Waals surface area contributed by atoms with E-state index in [1.165, 1.54) is 30.6 Å². The molecule has 0 saturated carbocycles. The van der Waals surface area contributed by atoms with E-state index in [4.69, 9.17) is 4.74 Å². The zero-order valence-electron chi connectivity index (χ0n) is 15.1. The molecule has 24 heavy (non-hydrogen) atoms. The second-order valence-corrected chi connectivity index (χ2v) is 6.28. The molecule has 0 aromatic heterocycles. The summed E-state index contributed by atoms with van der Waals surface area (Å²) in [5, 5.41) is 9.30. The number of hydrogen-bond donors (Lipinski definition) is 1. The molecule has 0 aliphatic rings. The third-order valence-electron chi connectivity index (χ3n) is 4.10. The number of unbranched alkanes of at least 4 members (excludes halogenated alkanes) is 6. The van der Waals surface area contributed by atoms with E-state index >= 15 is 0 Å². The van der Waals surface area contributed by atoms with Gasteiger partial charge in [0.05, 0.1) is 0 Å². The number of carbonyl (C=O) groups is 1. The normalized spacial score (nSPS) is 10.7. The van der Waals surface area contributed by atoms with Gasteiger partial charge in [-0.1, -0.05) is 69.4 Å². The summed E-state index contributed by atoms with van der Waals surface area (Å²) in [6.45, 7) is 4.99. The molecule has 0 unspecified atom stereocenters. The number of ether oxygens (including phenoxy) is 1. The molecule has 1 amide bonds. The number of benzene rings is 1. The lowest BCUT2D eigenvalue weighted by Gasteiger charge is -2.19. The van der Waals surface area contributed by atoms with E-state index in [0.29, 0.717) is 13.1 Å². The monoisotopic (exact) mass is 335 g/mol. The van der Waals surface area contributed by atoms with Gasteiger partial charge in [-0.3, -0.25) is 0 Å². The quantitative estimate of drug-likeness (QED) is 0.468. The fraction of sp³-hybridized carbons (Fsp3) is 0.650. The fourth-order valence-electron chi connectivity index (χ4n) is 2.64. The molecule has 0 bridgehead atoms. The van der Waals surface area contributed by atoms with Gasteiger partial charge in [-0.2, -0.15) is 0 Å². The lowest BCUT2D eigenvalue weighted by Crippen LogP contribution is -2.29. The minimum Gasteiger partial charge on any atom is -0.465 e. The Balaban J connectivity index is 2.02. The fourth-order valence-corrected chi connectivity index (χ4v) is 2.64. The average Bonchev–Trinajstić information content (AvgIpc) is 2.59. The minimum atomic E-state index is -0.839. The molecule has 1 aromatic carbocycles. The summed E-state index contributed by atoms with van der Waals surface area (Å²) in [5.74, 6) is 0. The Labute approximate surface area is 146 Å². The van der Waals surface area contributed by atoms with Crippen molar-refractivity contribution >= 4 is 6.09 Å². The highest BCUT2D eigenvalue weighted by atomic mass is 16.5. The summed E-state index contributed by atoms with van der Waals surface area (Å²) in [7, 11) is 0. The van der Waals surface area contributed by atoms with Crippen LogP contribution < -0.4 is 0 Å². The Morgan fingerprint density at radius 3 is 2.21 bits per heavy atom. The highest BCUT2D eigenvalue weighted by Crippen LogP contribution is 2.08. The van der Waals surface area contributed by atoms with E-state index in [1.807, 2.05) is 30.3 Å². The smallest absolute Gasteiger partial charge is 0.407 e. The van der Waals surface area contributed by atoms with Gasteiger partial charge in [0.1, 0.15) is 0 Å². The first-order valence-electron chi connectivity index (χ1n) is 9.33. The number of carboxylic acid groups (broad SMARTS) is 1. The second kappa shape index (κ2) is 13.8. The van der Waals surface area contributed by atoms with E-state index in [-0.39, 0.29) is 0 Å². The number of rotatable bonds is 14. The molecule has 0 atom stereocenters. The van der Waals surface area contributed by atoms with Crippen LogP contribution in [-0.2, 0) is 11.3 Å². The van der Waals surface area contributed by atoms with Crippen molar-refractivity contribution in [3.05, 3.63) is 35.9 Å². The molecule has 0 fully saturated rings. The maximum absolute atomic E-state index is 11.3. The first kappa shape index (κ1) is 20.5. The Hall–Kier alpha value is -1.55. The van der Waals surface area contributed by atoms with Crippen LogP contribution in [0.1, 0.15) is 63.9 Å². The molecule has 0 radical (unpaired) electrons. The van der Waals surface area contributed by atoms with Crippen LogP contribution in [0.5, 0.6) is 0 Å². The zero-order valence-corrected chi connectivity index (χ0v) is 15.1. The predicted molar refractivity (Wildman–Crippen MR) is 98.3 cm³/mol. The van der Waals surface area contributed by atoms with E-state index < -0.39 is 6.09 Å². The van der Waals surface area contributed by atoms with E-state index in [2.05, 4.69) is 6.92 Å². The van der Waals surface area contributed by atoms with Crippen molar-refractivity contribution in [1.29, 1.82) is 0 Å². The maximum atomic E-state index is 11.3. The Morgan fingerprint density at radius 1 is 0.958 bits per heavy atom. The van der Waals surface area contributed by atoms with Crippen LogP contribution in [0.3, 0.4) is 0 Å². The molecule has 4 nitrogen and oxygen atoms in total. The van der Waals surface area contributed by atoms with Gasteiger partial charge in [0.2, 0.25) is 0 Å². The van der Waals surface area contributed by atoms with Gasteiger partial charge >= 0.3 is 6.09 Å². The van der Waals surface area contributed by atoms with Crippen LogP contribution in [0, 0.1) is 0 Å². The third kappa shape index (κ3) is 10.3. The van der Waals surface area contributed by atoms with Crippen LogP contribution in [-0.4, -0.2) is 35.9 Å². The van der Waals surface area contributed by atoms with Crippen LogP contribution >= 0.6 is 0 Å². The second-order valence-electron chi connectivity index (χ2n) is 6.28. The summed E-state index contributed by atoms with van der Waals surface area (Å²) in [4.78, 5) is 12.8. The minimum absolute atomic E-state index is 0.469. The van der Waals surface area contributed by atoms with Gasteiger partial charge in [-0.15, -0.1) is 0 Å². The van der Waals surface area contributed by atoms with Crippen molar-refractivity contribution in [3.63, 3.8) is 0 Å². The molecule has 0 saturated heterocycles. The molecular weight excluding hydrogens is 302 g/mol. The van der Waals surface area contributed by atoms with Crippen molar-refractivity contribution in [2.24, 2.45) is 0 Å². The van der Waals surface area contributed by atoms with Gasteiger partial charge < -0.3 is 14.7 Å². The molecule has 1 aromatic rings. The lowest BCUT2D eigenvalue weighted by molar-refractivity contribution is 0.124. The van der Waals surface area contributed by atoms with Crippen molar-refractivity contribution in [3.8, 4) is 0 Å². The molecular formula is C20H33NO3. The van der Waals surface area contributed by atoms with Crippen molar-refractivity contribution < 1.29 is 14.6 Å². The lowest BCUT2D eigenvalue weighted by atomic mass is 10.1. The van der Waals surface area contributed by atoms with Crippen LogP contribution in [0.4, 0.5) is 4.79 Å². The highest BCUT2D eigenvalue weighted by Gasteiger charge is 2.11. The van der Waals surface area contributed by atoms with Gasteiger partial charge in [0, 0.05) is 26.3 Å². The molecule has 4 heteroatoms. The predicted octanol–water partition coefficient (Wildman–Crippen LogP) is 5.32. The van der Waals surface area contributed by atoms with Gasteiger partial charge in [-0.05, 0) is 24.8 Å². The summed E-state index contributed by atoms with van der Waals surface area (Å²) < 4.78 is 5.62. The molecule has 0 spiro atoms. The van der Waals surface area contributed by atoms with Crippen LogP contribution in [0.25, 0.3) is 0 Å². The first-order chi connectivity index (χ1) is 11.7. The van der Waals surface area contributed by atoms with Crippen molar-refractivity contribution in [2.75, 3.05) is 19.8 Å². The Morgan fingerprint density at radius 2 is 1.58 bits per heavy atom. The number of nitrogens with zero attached hydrogens (tertiary/aromatic N) is 1. The van der Waals surface area contributed by atoms with Crippen molar-refractivity contribution in [1.82, 2.24) is 4.90 Å². The van der Waals surface area contributed by atoms with Crippen LogP contribution in [0.15, 0.2) is 30.3 Å². The average molecular weight is 335 g/mol. The topological polar surface area (TPSA) is 49.8 Å². The highest BCUT2D eigenvalue weighted by molar-refractivity contribution is 5.64. The van der Waals surface area contributed by atoms with E-state index in [9.17, 15) is 9.90 Å². The molecule has 0 aliphatic heterocycles. The standard InChI is InChI=1S/C20H33NO3/c1-2-3-4-11-16-24-17-12-6-5-10-15-21(20(22)23)18-19-13-8-7-9-14-19/h7-9,13-14H,2-6,10-12,15-18H2,1H3,(H,22,23). The molecule has 1 N–H and O–H groups in total. The molecule has 0 aliphatic carbocycles. The van der Waals surface area contributed by atoms with Gasteiger partial charge in [0.15, 0.2) is 0 Å². The Kier molecular flexibility index (Phi) is 11.8. The summed E-state index contributed by atoms with van der Waals surface area (Å²) in [5.41, 5.74) is 1.04. The third-order valence-corrected chi connectivity index (χ3v) is 4.10. The van der Waals surface area contributed by atoms with Crippen molar-refractivity contribution in [2.45, 2.75) is 64.8 Å². The zero-order chi connectivity index (χ0) is 17.5. The Bertz CT molecular complexity index is 422. The SMILES string of the molecule is CCCCCCOCCCCCCN(Cc1ccccc1)C(=O)O. The molecule has 136 valence electrons.